The Morgan fingerprint density at radius 3 is 2.70 bits per heavy atom. The molecule has 1 amide bonds. The zero-order valence-corrected chi connectivity index (χ0v) is 12.9. The molecule has 0 aliphatic heterocycles. The highest BCUT2D eigenvalue weighted by Gasteiger charge is 2.02. The van der Waals surface area contributed by atoms with Gasteiger partial charge in [-0.05, 0) is 19.3 Å². The SMILES string of the molecule is CCOCCCN=C(NN)NCCC(=O)NCC(C)C. The number of hydrazine groups is 1. The van der Waals surface area contributed by atoms with Crippen LogP contribution >= 0.6 is 0 Å². The van der Waals surface area contributed by atoms with Gasteiger partial charge in [-0.1, -0.05) is 13.8 Å². The van der Waals surface area contributed by atoms with Crippen LogP contribution in [0.15, 0.2) is 4.99 Å². The van der Waals surface area contributed by atoms with Crippen LogP contribution in [0.2, 0.25) is 0 Å². The van der Waals surface area contributed by atoms with Crippen molar-refractivity contribution in [2.24, 2.45) is 16.8 Å². The van der Waals surface area contributed by atoms with Crippen LogP contribution in [0.5, 0.6) is 0 Å². The number of nitrogens with two attached hydrogens (primary N) is 1. The third-order valence-corrected chi connectivity index (χ3v) is 2.41. The highest BCUT2D eigenvalue weighted by molar-refractivity contribution is 5.80. The van der Waals surface area contributed by atoms with Crippen LogP contribution in [0, 0.1) is 5.92 Å². The summed E-state index contributed by atoms with van der Waals surface area (Å²) in [7, 11) is 0. The van der Waals surface area contributed by atoms with Crippen molar-refractivity contribution in [3.05, 3.63) is 0 Å². The fourth-order valence-electron chi connectivity index (χ4n) is 1.36. The van der Waals surface area contributed by atoms with E-state index >= 15 is 0 Å². The fourth-order valence-corrected chi connectivity index (χ4v) is 1.36. The molecule has 0 aliphatic rings. The molecule has 20 heavy (non-hydrogen) atoms. The van der Waals surface area contributed by atoms with Gasteiger partial charge in [0.2, 0.25) is 11.9 Å². The minimum atomic E-state index is 0.0268. The Morgan fingerprint density at radius 2 is 2.10 bits per heavy atom. The maximum Gasteiger partial charge on any atom is 0.221 e. The molecule has 0 spiro atoms. The highest BCUT2D eigenvalue weighted by atomic mass is 16.5. The van der Waals surface area contributed by atoms with Crippen LogP contribution < -0.4 is 21.9 Å². The Hall–Kier alpha value is -1.34. The maximum absolute atomic E-state index is 11.5. The van der Waals surface area contributed by atoms with Crippen LogP contribution in [0.1, 0.15) is 33.6 Å². The number of rotatable bonds is 10. The molecule has 0 fully saturated rings. The lowest BCUT2D eigenvalue weighted by molar-refractivity contribution is -0.121. The van der Waals surface area contributed by atoms with E-state index in [1.165, 1.54) is 0 Å². The van der Waals surface area contributed by atoms with E-state index in [4.69, 9.17) is 10.6 Å². The quantitative estimate of drug-likeness (QED) is 0.149. The number of nitrogens with zero attached hydrogens (tertiary/aromatic N) is 1. The van der Waals surface area contributed by atoms with E-state index in [0.29, 0.717) is 44.5 Å². The van der Waals surface area contributed by atoms with Crippen LogP contribution in [0.3, 0.4) is 0 Å². The van der Waals surface area contributed by atoms with Gasteiger partial charge in [0.15, 0.2) is 0 Å². The number of hydrogen-bond acceptors (Lipinski definition) is 4. The zero-order valence-electron chi connectivity index (χ0n) is 12.9. The van der Waals surface area contributed by atoms with Crippen molar-refractivity contribution in [1.82, 2.24) is 16.1 Å². The molecule has 0 saturated carbocycles. The number of hydrogen-bond donors (Lipinski definition) is 4. The Kier molecular flexibility index (Phi) is 11.8. The van der Waals surface area contributed by atoms with E-state index in [0.717, 1.165) is 13.0 Å². The van der Waals surface area contributed by atoms with Crippen molar-refractivity contribution in [2.75, 3.05) is 32.8 Å². The number of carbonyl (C=O) groups is 1. The van der Waals surface area contributed by atoms with Gasteiger partial charge in [0.05, 0.1) is 0 Å². The first-order valence-corrected chi connectivity index (χ1v) is 7.19. The van der Waals surface area contributed by atoms with E-state index < -0.39 is 0 Å². The molecule has 0 bridgehead atoms. The smallest absolute Gasteiger partial charge is 0.221 e. The van der Waals surface area contributed by atoms with Gasteiger partial charge in [0, 0.05) is 39.3 Å². The molecule has 0 heterocycles. The van der Waals surface area contributed by atoms with Crippen LogP contribution in [0.4, 0.5) is 0 Å². The lowest BCUT2D eigenvalue weighted by Gasteiger charge is -2.10. The molecule has 118 valence electrons. The molecule has 5 N–H and O–H groups in total. The number of amides is 1. The monoisotopic (exact) mass is 287 g/mol. The van der Waals surface area contributed by atoms with Gasteiger partial charge in [-0.3, -0.25) is 15.2 Å². The second kappa shape index (κ2) is 12.7. The van der Waals surface area contributed by atoms with E-state index in [1.807, 2.05) is 6.92 Å². The molecule has 0 atom stereocenters. The first-order valence-electron chi connectivity index (χ1n) is 7.19. The molecule has 7 heteroatoms. The van der Waals surface area contributed by atoms with Crippen LogP contribution in [-0.4, -0.2) is 44.7 Å². The minimum absolute atomic E-state index is 0.0268. The second-order valence-electron chi connectivity index (χ2n) is 4.80. The van der Waals surface area contributed by atoms with Gasteiger partial charge >= 0.3 is 0 Å². The third-order valence-electron chi connectivity index (χ3n) is 2.41. The minimum Gasteiger partial charge on any atom is -0.382 e. The van der Waals surface area contributed by atoms with Crippen molar-refractivity contribution in [3.63, 3.8) is 0 Å². The molecular weight excluding hydrogens is 258 g/mol. The predicted molar refractivity (Wildman–Crippen MR) is 81.2 cm³/mol. The summed E-state index contributed by atoms with van der Waals surface area (Å²) >= 11 is 0. The number of ether oxygens (including phenoxy) is 1. The van der Waals surface area contributed by atoms with E-state index in [1.54, 1.807) is 0 Å². The van der Waals surface area contributed by atoms with Crippen molar-refractivity contribution in [2.45, 2.75) is 33.6 Å². The molecule has 0 aliphatic carbocycles. The van der Waals surface area contributed by atoms with Gasteiger partial charge in [-0.25, -0.2) is 5.84 Å². The average molecular weight is 287 g/mol. The number of aliphatic imine (C=N–C) groups is 1. The van der Waals surface area contributed by atoms with E-state index in [2.05, 4.69) is 34.9 Å². The lowest BCUT2D eigenvalue weighted by atomic mass is 10.2. The summed E-state index contributed by atoms with van der Waals surface area (Å²) in [5, 5.41) is 5.84. The van der Waals surface area contributed by atoms with Gasteiger partial charge in [-0.2, -0.15) is 0 Å². The summed E-state index contributed by atoms with van der Waals surface area (Å²) < 4.78 is 5.21. The summed E-state index contributed by atoms with van der Waals surface area (Å²) in [5.74, 6) is 6.34. The number of guanidine groups is 1. The Balaban J connectivity index is 3.72. The summed E-state index contributed by atoms with van der Waals surface area (Å²) in [4.78, 5) is 15.7. The molecular formula is C13H29N5O2. The molecule has 7 nitrogen and oxygen atoms in total. The van der Waals surface area contributed by atoms with Crippen molar-refractivity contribution in [1.29, 1.82) is 0 Å². The van der Waals surface area contributed by atoms with E-state index in [-0.39, 0.29) is 5.91 Å². The van der Waals surface area contributed by atoms with Crippen molar-refractivity contribution >= 4 is 11.9 Å². The third kappa shape index (κ3) is 11.7. The van der Waals surface area contributed by atoms with Gasteiger partial charge in [0.25, 0.3) is 0 Å². The normalized spacial score (nSPS) is 11.6. The van der Waals surface area contributed by atoms with Gasteiger partial charge < -0.3 is 15.4 Å². The average Bonchev–Trinajstić information content (AvgIpc) is 2.43. The zero-order chi connectivity index (χ0) is 15.2. The predicted octanol–water partition coefficient (Wildman–Crippen LogP) is -0.0158. The summed E-state index contributed by atoms with van der Waals surface area (Å²) in [6, 6.07) is 0. The van der Waals surface area contributed by atoms with Crippen LogP contribution in [-0.2, 0) is 9.53 Å². The summed E-state index contributed by atoms with van der Waals surface area (Å²) in [6.07, 6.45) is 1.24. The fraction of sp³-hybridized carbons (Fsp3) is 0.846. The Bertz CT molecular complexity index is 282. The number of carbonyl (C=O) groups excluding carboxylic acids is 1. The molecule has 0 aromatic heterocycles. The van der Waals surface area contributed by atoms with Crippen molar-refractivity contribution < 1.29 is 9.53 Å². The topological polar surface area (TPSA) is 101 Å². The highest BCUT2D eigenvalue weighted by Crippen LogP contribution is 1.88. The molecule has 0 saturated heterocycles. The van der Waals surface area contributed by atoms with Gasteiger partial charge in [0.1, 0.15) is 0 Å². The summed E-state index contributed by atoms with van der Waals surface area (Å²) in [5.41, 5.74) is 2.48. The molecule has 0 unspecified atom stereocenters. The largest absolute Gasteiger partial charge is 0.382 e. The molecule has 0 radical (unpaired) electrons. The Labute approximate surface area is 121 Å². The second-order valence-corrected chi connectivity index (χ2v) is 4.80. The lowest BCUT2D eigenvalue weighted by Crippen LogP contribution is -2.43. The number of nitrogens with one attached hydrogen (secondary N) is 3. The maximum atomic E-state index is 11.5. The summed E-state index contributed by atoms with van der Waals surface area (Å²) in [6.45, 7) is 9.32. The molecule has 0 aromatic carbocycles. The first-order chi connectivity index (χ1) is 9.60. The Morgan fingerprint density at radius 1 is 1.35 bits per heavy atom. The van der Waals surface area contributed by atoms with E-state index in [9.17, 15) is 4.79 Å². The van der Waals surface area contributed by atoms with Gasteiger partial charge in [-0.15, -0.1) is 0 Å². The van der Waals surface area contributed by atoms with Crippen molar-refractivity contribution in [3.8, 4) is 0 Å². The molecule has 0 rings (SSSR count). The first kappa shape index (κ1) is 18.7. The standard InChI is InChI=1S/C13H29N5O2/c1-4-20-9-5-7-15-13(18-14)16-8-6-12(19)17-10-11(2)3/h11H,4-10,14H2,1-3H3,(H,17,19)(H2,15,16,18). The molecule has 0 aromatic rings. The van der Waals surface area contributed by atoms with Crippen LogP contribution in [0.25, 0.3) is 0 Å².